The van der Waals surface area contributed by atoms with Gasteiger partial charge in [-0.25, -0.2) is 0 Å². The van der Waals surface area contributed by atoms with Gasteiger partial charge in [0.15, 0.2) is 0 Å². The number of hydrogen-bond acceptors (Lipinski definition) is 2. The van der Waals surface area contributed by atoms with Gasteiger partial charge in [-0.05, 0) is 47.2 Å². The summed E-state index contributed by atoms with van der Waals surface area (Å²) in [6.07, 6.45) is 1.07. The summed E-state index contributed by atoms with van der Waals surface area (Å²) in [5, 5.41) is 0. The van der Waals surface area contributed by atoms with E-state index in [0.29, 0.717) is 18.6 Å². The number of ether oxygens (including phenoxy) is 1. The summed E-state index contributed by atoms with van der Waals surface area (Å²) in [5.74, 6) is 0.374. The lowest BCUT2D eigenvalue weighted by atomic mass is 9.86. The van der Waals surface area contributed by atoms with Crippen LogP contribution >= 0.6 is 15.9 Å². The number of hydrogen-bond donors (Lipinski definition) is 0. The van der Waals surface area contributed by atoms with Crippen LogP contribution in [-0.2, 0) is 16.6 Å². The lowest BCUT2D eigenvalue weighted by Crippen LogP contribution is -2.11. The van der Waals surface area contributed by atoms with Crippen LogP contribution in [0, 0.1) is 0 Å². The quantitative estimate of drug-likeness (QED) is 0.547. The van der Waals surface area contributed by atoms with E-state index in [0.717, 1.165) is 10.0 Å². The number of halogens is 1. The standard InChI is InChI=1S/C19H21BrO2/c1-19(2,3)15-7-4-14(5-8-15)6-13-18(21)22-17-11-9-16(20)10-12-17/h4-5,7-12H,6,13H2,1-3H3. The van der Waals surface area contributed by atoms with Crippen molar-refractivity contribution >= 4 is 21.9 Å². The average molecular weight is 361 g/mol. The second-order valence-electron chi connectivity index (χ2n) is 6.37. The molecule has 0 bridgehead atoms. The van der Waals surface area contributed by atoms with Crippen LogP contribution in [0.4, 0.5) is 0 Å². The molecule has 116 valence electrons. The highest BCUT2D eigenvalue weighted by molar-refractivity contribution is 9.10. The van der Waals surface area contributed by atoms with Crippen LogP contribution in [0.2, 0.25) is 0 Å². The van der Waals surface area contributed by atoms with Gasteiger partial charge < -0.3 is 4.74 Å². The van der Waals surface area contributed by atoms with Gasteiger partial charge in [0.25, 0.3) is 0 Å². The number of aryl methyl sites for hydroxylation is 1. The van der Waals surface area contributed by atoms with Crippen molar-refractivity contribution in [2.45, 2.75) is 39.0 Å². The van der Waals surface area contributed by atoms with Gasteiger partial charge in [0, 0.05) is 10.9 Å². The highest BCUT2D eigenvalue weighted by Gasteiger charge is 2.13. The minimum absolute atomic E-state index is 0.152. The highest BCUT2D eigenvalue weighted by atomic mass is 79.9. The second kappa shape index (κ2) is 7.10. The smallest absolute Gasteiger partial charge is 0.311 e. The fourth-order valence-electron chi connectivity index (χ4n) is 2.10. The first kappa shape index (κ1) is 16.8. The molecule has 2 rings (SSSR count). The largest absolute Gasteiger partial charge is 0.427 e. The van der Waals surface area contributed by atoms with Crippen LogP contribution in [0.25, 0.3) is 0 Å². The highest BCUT2D eigenvalue weighted by Crippen LogP contribution is 2.22. The lowest BCUT2D eigenvalue weighted by molar-refractivity contribution is -0.134. The zero-order valence-corrected chi connectivity index (χ0v) is 14.8. The Morgan fingerprint density at radius 2 is 1.59 bits per heavy atom. The number of esters is 1. The maximum Gasteiger partial charge on any atom is 0.311 e. The molecule has 0 aliphatic rings. The van der Waals surface area contributed by atoms with E-state index >= 15 is 0 Å². The number of carbonyl (C=O) groups excluding carboxylic acids is 1. The molecule has 0 saturated heterocycles. The van der Waals surface area contributed by atoms with Crippen molar-refractivity contribution in [1.82, 2.24) is 0 Å². The Labute approximate surface area is 140 Å². The van der Waals surface area contributed by atoms with Crippen LogP contribution in [0.15, 0.2) is 53.0 Å². The third kappa shape index (κ3) is 4.99. The molecule has 2 nitrogen and oxygen atoms in total. The molecule has 2 aromatic rings. The van der Waals surface area contributed by atoms with Crippen molar-refractivity contribution in [3.8, 4) is 5.75 Å². The van der Waals surface area contributed by atoms with E-state index in [4.69, 9.17) is 4.74 Å². The van der Waals surface area contributed by atoms with Crippen LogP contribution in [-0.4, -0.2) is 5.97 Å². The fourth-order valence-corrected chi connectivity index (χ4v) is 2.37. The molecule has 3 heteroatoms. The fraction of sp³-hybridized carbons (Fsp3) is 0.316. The van der Waals surface area contributed by atoms with E-state index < -0.39 is 0 Å². The van der Waals surface area contributed by atoms with Gasteiger partial charge in [0.2, 0.25) is 0 Å². The maximum absolute atomic E-state index is 11.9. The molecular weight excluding hydrogens is 340 g/mol. The second-order valence-corrected chi connectivity index (χ2v) is 7.29. The monoisotopic (exact) mass is 360 g/mol. The van der Waals surface area contributed by atoms with Crippen molar-refractivity contribution < 1.29 is 9.53 Å². The molecule has 0 unspecified atom stereocenters. The molecule has 0 radical (unpaired) electrons. The Bertz CT molecular complexity index is 622. The summed E-state index contributed by atoms with van der Waals surface area (Å²) in [7, 11) is 0. The molecule has 0 spiro atoms. The van der Waals surface area contributed by atoms with Crippen LogP contribution in [0.3, 0.4) is 0 Å². The summed E-state index contributed by atoms with van der Waals surface area (Å²) in [6.45, 7) is 6.58. The molecule has 0 aromatic heterocycles. The van der Waals surface area contributed by atoms with Gasteiger partial charge in [0.05, 0.1) is 0 Å². The lowest BCUT2D eigenvalue weighted by Gasteiger charge is -2.19. The first-order valence-corrected chi connectivity index (χ1v) is 8.19. The third-order valence-corrected chi connectivity index (χ3v) is 4.01. The molecule has 0 saturated carbocycles. The Balaban J connectivity index is 1.87. The van der Waals surface area contributed by atoms with Gasteiger partial charge in [-0.15, -0.1) is 0 Å². The van der Waals surface area contributed by atoms with E-state index in [1.807, 2.05) is 12.1 Å². The summed E-state index contributed by atoms with van der Waals surface area (Å²) in [4.78, 5) is 11.9. The Hall–Kier alpha value is -1.61. The molecule has 2 aromatic carbocycles. The van der Waals surface area contributed by atoms with E-state index in [-0.39, 0.29) is 11.4 Å². The van der Waals surface area contributed by atoms with Crippen molar-refractivity contribution in [3.63, 3.8) is 0 Å². The molecule has 22 heavy (non-hydrogen) atoms. The molecule has 0 N–H and O–H groups in total. The molecule has 0 heterocycles. The van der Waals surface area contributed by atoms with Crippen molar-refractivity contribution in [2.24, 2.45) is 0 Å². The van der Waals surface area contributed by atoms with E-state index in [1.54, 1.807) is 12.1 Å². The molecule has 0 fully saturated rings. The molecule has 0 amide bonds. The third-order valence-electron chi connectivity index (χ3n) is 3.48. The van der Waals surface area contributed by atoms with Gasteiger partial charge >= 0.3 is 5.97 Å². The van der Waals surface area contributed by atoms with Gasteiger partial charge in [-0.3, -0.25) is 4.79 Å². The SMILES string of the molecule is CC(C)(C)c1ccc(CCC(=O)Oc2ccc(Br)cc2)cc1. The summed E-state index contributed by atoms with van der Waals surface area (Å²) in [6, 6.07) is 15.7. The minimum Gasteiger partial charge on any atom is -0.427 e. The maximum atomic E-state index is 11.9. The molecular formula is C19H21BrO2. The first-order valence-electron chi connectivity index (χ1n) is 7.40. The summed E-state index contributed by atoms with van der Waals surface area (Å²) in [5.41, 5.74) is 2.61. The molecule has 0 aliphatic carbocycles. The average Bonchev–Trinajstić information content (AvgIpc) is 2.47. The zero-order valence-electron chi connectivity index (χ0n) is 13.2. The number of benzene rings is 2. The minimum atomic E-state index is -0.206. The van der Waals surface area contributed by atoms with E-state index in [2.05, 4.69) is 61.0 Å². The Morgan fingerprint density at radius 1 is 1.00 bits per heavy atom. The van der Waals surface area contributed by atoms with Crippen LogP contribution in [0.1, 0.15) is 38.3 Å². The Morgan fingerprint density at radius 3 is 2.14 bits per heavy atom. The molecule has 0 aliphatic heterocycles. The van der Waals surface area contributed by atoms with Crippen molar-refractivity contribution in [1.29, 1.82) is 0 Å². The predicted octanol–water partition coefficient (Wildman–Crippen LogP) is 5.28. The normalized spacial score (nSPS) is 11.3. The molecule has 0 atom stereocenters. The van der Waals surface area contributed by atoms with Crippen LogP contribution in [0.5, 0.6) is 5.75 Å². The van der Waals surface area contributed by atoms with Crippen molar-refractivity contribution in [2.75, 3.05) is 0 Å². The van der Waals surface area contributed by atoms with Gasteiger partial charge in [0.1, 0.15) is 5.75 Å². The van der Waals surface area contributed by atoms with E-state index in [9.17, 15) is 4.79 Å². The number of rotatable bonds is 4. The van der Waals surface area contributed by atoms with E-state index in [1.165, 1.54) is 5.56 Å². The zero-order chi connectivity index (χ0) is 16.2. The number of carbonyl (C=O) groups is 1. The van der Waals surface area contributed by atoms with Crippen LogP contribution < -0.4 is 4.74 Å². The summed E-state index contributed by atoms with van der Waals surface area (Å²) >= 11 is 3.35. The Kier molecular flexibility index (Phi) is 5.41. The van der Waals surface area contributed by atoms with Gasteiger partial charge in [-0.2, -0.15) is 0 Å². The topological polar surface area (TPSA) is 26.3 Å². The van der Waals surface area contributed by atoms with Crippen molar-refractivity contribution in [3.05, 3.63) is 64.1 Å². The summed E-state index contributed by atoms with van der Waals surface area (Å²) < 4.78 is 6.27. The predicted molar refractivity (Wildman–Crippen MR) is 93.2 cm³/mol. The van der Waals surface area contributed by atoms with Gasteiger partial charge in [-0.1, -0.05) is 61.0 Å². The first-order chi connectivity index (χ1) is 10.3.